The second kappa shape index (κ2) is 8.60. The number of amides is 1. The maximum absolute atomic E-state index is 12.6. The van der Waals surface area contributed by atoms with Crippen molar-refractivity contribution in [2.24, 2.45) is 0 Å². The van der Waals surface area contributed by atoms with Crippen molar-refractivity contribution in [2.75, 3.05) is 12.4 Å². The number of anilines is 1. The first-order valence-corrected chi connectivity index (χ1v) is 9.19. The topological polar surface area (TPSA) is 200 Å². The van der Waals surface area contributed by atoms with Crippen molar-refractivity contribution in [3.05, 3.63) is 58.9 Å². The number of ether oxygens (including phenoxy) is 1. The number of methoxy groups -OCH3 is 1. The summed E-state index contributed by atoms with van der Waals surface area (Å²) in [5, 5.41) is 21.1. The largest absolute Gasteiger partial charge is 0.870 e. The molecule has 30 heavy (non-hydrogen) atoms. The standard InChI is InChI=1S/C15H12N6O7S.H2O/c1-28-13-7-12(21(23)24)14(29(25,26)27)8-11(13)20-18-16-9-19(20)15(22)17-10-5-3-2-4-6-10;/h2-9H,1H3,(H-,17,22,25,26,27);1H2. The highest BCUT2D eigenvalue weighted by atomic mass is 32.2. The lowest BCUT2D eigenvalue weighted by Gasteiger charge is -2.08. The number of nitrogens with one attached hydrogen (secondary N) is 1. The van der Waals surface area contributed by atoms with Crippen molar-refractivity contribution in [3.63, 3.8) is 0 Å². The van der Waals surface area contributed by atoms with Crippen LogP contribution in [0.5, 0.6) is 5.75 Å². The fourth-order valence-electron chi connectivity index (χ4n) is 2.43. The van der Waals surface area contributed by atoms with Crippen molar-refractivity contribution >= 4 is 27.5 Å². The van der Waals surface area contributed by atoms with E-state index in [1.807, 2.05) is 0 Å². The average Bonchev–Trinajstić information content (AvgIpc) is 3.16. The van der Waals surface area contributed by atoms with E-state index in [9.17, 15) is 27.9 Å². The molecule has 0 spiro atoms. The number of aromatic nitrogens is 4. The van der Waals surface area contributed by atoms with Crippen LogP contribution in [0.25, 0.3) is 5.69 Å². The first kappa shape index (κ1) is 22.3. The van der Waals surface area contributed by atoms with Gasteiger partial charge < -0.3 is 15.5 Å². The molecule has 0 saturated carbocycles. The van der Waals surface area contributed by atoms with Crippen LogP contribution in [0, 0.1) is 10.1 Å². The van der Waals surface area contributed by atoms with E-state index in [1.165, 1.54) is 7.11 Å². The summed E-state index contributed by atoms with van der Waals surface area (Å²) in [6, 6.07) is 9.27. The Hall–Kier alpha value is -3.95. The lowest BCUT2D eigenvalue weighted by atomic mass is 10.2. The number of nitrogens with zero attached hydrogens (tertiary/aromatic N) is 5. The van der Waals surface area contributed by atoms with Crippen LogP contribution in [0.3, 0.4) is 0 Å². The summed E-state index contributed by atoms with van der Waals surface area (Å²) in [4.78, 5) is 22.6. The lowest BCUT2D eigenvalue weighted by molar-refractivity contribution is -0.731. The second-order valence-electron chi connectivity index (χ2n) is 5.47. The highest BCUT2D eigenvalue weighted by Crippen LogP contribution is 2.31. The molecule has 1 heterocycles. The Balaban J connectivity index is 0.00000320. The van der Waals surface area contributed by atoms with E-state index in [0.29, 0.717) is 5.69 Å². The number of hydrogen-bond acceptors (Lipinski definition) is 9. The predicted octanol–water partition coefficient (Wildman–Crippen LogP) is 0.622. The number of hydrogen-bond donors (Lipinski definition) is 2. The minimum atomic E-state index is -4.97. The van der Waals surface area contributed by atoms with Gasteiger partial charge in [-0.3, -0.25) is 14.7 Å². The van der Waals surface area contributed by atoms with E-state index in [-0.39, 0.29) is 16.9 Å². The van der Waals surface area contributed by atoms with Crippen molar-refractivity contribution in [1.82, 2.24) is 15.0 Å². The van der Waals surface area contributed by atoms with Crippen LogP contribution in [0.1, 0.15) is 0 Å². The van der Waals surface area contributed by atoms with Gasteiger partial charge in [0, 0.05) is 11.8 Å². The number of nitro benzene ring substituents is 1. The SMILES string of the molecule is COc1cc([N+](=O)[O-])c(S(=O)(=O)O)cc1-[n+]1nncn1C(=O)Nc1ccccc1.[OH-]. The van der Waals surface area contributed by atoms with Crippen LogP contribution in [-0.2, 0) is 10.1 Å². The van der Waals surface area contributed by atoms with Gasteiger partial charge in [-0.1, -0.05) is 22.9 Å². The Morgan fingerprint density at radius 2 is 1.97 bits per heavy atom. The number of carbonyl (C=O) groups is 1. The number of nitro groups is 1. The number of rotatable bonds is 5. The molecule has 0 aliphatic heterocycles. The van der Waals surface area contributed by atoms with Gasteiger partial charge in [0.05, 0.1) is 23.2 Å². The van der Waals surface area contributed by atoms with Crippen molar-refractivity contribution in [2.45, 2.75) is 4.90 Å². The van der Waals surface area contributed by atoms with Crippen LogP contribution in [0.4, 0.5) is 16.2 Å². The summed E-state index contributed by atoms with van der Waals surface area (Å²) in [6.07, 6.45) is 1.03. The number of para-hydroxylation sites is 1. The Morgan fingerprint density at radius 3 is 2.53 bits per heavy atom. The van der Waals surface area contributed by atoms with E-state index >= 15 is 0 Å². The monoisotopic (exact) mass is 438 g/mol. The molecule has 0 aliphatic carbocycles. The van der Waals surface area contributed by atoms with Crippen molar-refractivity contribution in [3.8, 4) is 11.4 Å². The van der Waals surface area contributed by atoms with Crippen LogP contribution in [0.2, 0.25) is 0 Å². The molecule has 0 radical (unpaired) electrons. The lowest BCUT2D eigenvalue weighted by Crippen LogP contribution is -2.48. The maximum Gasteiger partial charge on any atom is 0.367 e. The molecule has 158 valence electrons. The summed E-state index contributed by atoms with van der Waals surface area (Å²) in [7, 11) is -3.79. The molecule has 3 N–H and O–H groups in total. The molecule has 0 atom stereocenters. The molecule has 0 saturated heterocycles. The highest BCUT2D eigenvalue weighted by molar-refractivity contribution is 7.86. The van der Waals surface area contributed by atoms with Gasteiger partial charge in [-0.25, -0.2) is 4.79 Å². The molecular weight excluding hydrogens is 424 g/mol. The first-order chi connectivity index (χ1) is 13.7. The third kappa shape index (κ3) is 4.37. The van der Waals surface area contributed by atoms with E-state index in [1.54, 1.807) is 30.3 Å². The normalized spacial score (nSPS) is 10.7. The molecule has 3 rings (SSSR count). The summed E-state index contributed by atoms with van der Waals surface area (Å²) >= 11 is 0. The minimum Gasteiger partial charge on any atom is -0.870 e. The van der Waals surface area contributed by atoms with Gasteiger partial charge in [-0.15, -0.1) is 0 Å². The average molecular weight is 438 g/mol. The maximum atomic E-state index is 12.6. The molecule has 0 bridgehead atoms. The third-order valence-corrected chi connectivity index (χ3v) is 4.57. The third-order valence-electron chi connectivity index (χ3n) is 3.69. The fraction of sp³-hybridized carbons (Fsp3) is 0.0667. The summed E-state index contributed by atoms with van der Waals surface area (Å²) < 4.78 is 38.6. The number of carbonyl (C=O) groups excluding carboxylic acids is 1. The summed E-state index contributed by atoms with van der Waals surface area (Å²) in [6.45, 7) is 0. The predicted molar refractivity (Wildman–Crippen MR) is 97.4 cm³/mol. The molecule has 1 amide bonds. The van der Waals surface area contributed by atoms with E-state index in [4.69, 9.17) is 4.74 Å². The van der Waals surface area contributed by atoms with Crippen LogP contribution < -0.4 is 14.9 Å². The van der Waals surface area contributed by atoms with Crippen LogP contribution in [0.15, 0.2) is 53.7 Å². The van der Waals surface area contributed by atoms with Gasteiger partial charge in [0.1, 0.15) is 0 Å². The molecule has 14 nitrogen and oxygen atoms in total. The molecule has 15 heteroatoms. The second-order valence-corrected chi connectivity index (χ2v) is 6.86. The Morgan fingerprint density at radius 1 is 1.30 bits per heavy atom. The van der Waals surface area contributed by atoms with Crippen molar-refractivity contribution in [1.29, 1.82) is 0 Å². The molecule has 1 aromatic heterocycles. The zero-order valence-corrected chi connectivity index (χ0v) is 15.9. The van der Waals surface area contributed by atoms with Gasteiger partial charge in [-0.2, -0.15) is 8.42 Å². The van der Waals surface area contributed by atoms with Gasteiger partial charge >= 0.3 is 16.1 Å². The highest BCUT2D eigenvalue weighted by Gasteiger charge is 2.32. The first-order valence-electron chi connectivity index (χ1n) is 7.75. The van der Waals surface area contributed by atoms with Crippen LogP contribution >= 0.6 is 0 Å². The molecule has 0 unspecified atom stereocenters. The summed E-state index contributed by atoms with van der Waals surface area (Å²) in [5.41, 5.74) is -0.632. The van der Waals surface area contributed by atoms with E-state index < -0.39 is 31.7 Å². The van der Waals surface area contributed by atoms with E-state index in [2.05, 4.69) is 15.6 Å². The summed E-state index contributed by atoms with van der Waals surface area (Å²) in [5.74, 6) is -0.184. The molecule has 3 aromatic rings. The van der Waals surface area contributed by atoms with E-state index in [0.717, 1.165) is 27.9 Å². The Labute approximate surface area is 168 Å². The minimum absolute atomic E-state index is 0. The number of tetrazole rings is 1. The molecule has 0 fully saturated rings. The zero-order chi connectivity index (χ0) is 21.2. The van der Waals surface area contributed by atoms with Gasteiger partial charge in [0.25, 0.3) is 12.0 Å². The van der Waals surface area contributed by atoms with Gasteiger partial charge in [0.15, 0.2) is 15.9 Å². The number of benzene rings is 2. The molecule has 0 aliphatic rings. The molecular formula is C15H14N6O8S. The van der Waals surface area contributed by atoms with Crippen LogP contribution in [-0.4, -0.2) is 51.5 Å². The Bertz CT molecular complexity index is 1200. The van der Waals surface area contributed by atoms with Gasteiger partial charge in [0.2, 0.25) is 5.69 Å². The fourth-order valence-corrected chi connectivity index (χ4v) is 3.08. The Kier molecular flexibility index (Phi) is 6.40. The van der Waals surface area contributed by atoms with Crippen molar-refractivity contribution < 1.29 is 37.7 Å². The molecule has 2 aromatic carbocycles. The quantitative estimate of drug-likeness (QED) is 0.187. The van der Waals surface area contributed by atoms with Gasteiger partial charge in [-0.05, 0) is 16.9 Å². The zero-order valence-electron chi connectivity index (χ0n) is 15.1. The smallest absolute Gasteiger partial charge is 0.367 e.